The number of ether oxygens (including phenoxy) is 3. The summed E-state index contributed by atoms with van der Waals surface area (Å²) < 4.78 is 16.4. The molecule has 0 spiro atoms. The van der Waals surface area contributed by atoms with E-state index in [1.807, 2.05) is 54.6 Å². The van der Waals surface area contributed by atoms with Crippen molar-refractivity contribution in [2.75, 3.05) is 20.8 Å². The fourth-order valence-corrected chi connectivity index (χ4v) is 4.66. The highest BCUT2D eigenvalue weighted by atomic mass is 79.9. The molecule has 1 heterocycles. The van der Waals surface area contributed by atoms with E-state index in [2.05, 4.69) is 21.2 Å². The van der Waals surface area contributed by atoms with Crippen LogP contribution < -0.4 is 5.32 Å². The zero-order chi connectivity index (χ0) is 23.3. The minimum Gasteiger partial charge on any atom is -0.469 e. The maximum atomic E-state index is 13.4. The van der Waals surface area contributed by atoms with Gasteiger partial charge < -0.3 is 14.2 Å². The first-order chi connectivity index (χ1) is 15.4. The number of methoxy groups -OCH3 is 2. The summed E-state index contributed by atoms with van der Waals surface area (Å²) in [6.45, 7) is 1.82. The molecule has 3 rings (SSSR count). The molecule has 32 heavy (non-hydrogen) atoms. The molecule has 0 amide bonds. The number of hydrogen-bond acceptors (Lipinski definition) is 7. The van der Waals surface area contributed by atoms with Gasteiger partial charge in [0, 0.05) is 16.9 Å². The average Bonchev–Trinajstić information content (AvgIpc) is 3.15. The van der Waals surface area contributed by atoms with E-state index >= 15 is 0 Å². The molecule has 1 N–H and O–H groups in total. The second-order valence-corrected chi connectivity index (χ2v) is 8.49. The van der Waals surface area contributed by atoms with E-state index in [9.17, 15) is 14.4 Å². The zero-order valence-electron chi connectivity index (χ0n) is 18.2. The Morgan fingerprint density at radius 2 is 1.59 bits per heavy atom. The van der Waals surface area contributed by atoms with Gasteiger partial charge in [-0.1, -0.05) is 58.4 Å². The minimum absolute atomic E-state index is 0.122. The van der Waals surface area contributed by atoms with Gasteiger partial charge in [-0.2, -0.15) is 0 Å². The van der Waals surface area contributed by atoms with Crippen LogP contribution in [0.15, 0.2) is 59.1 Å². The van der Waals surface area contributed by atoms with Gasteiger partial charge >= 0.3 is 17.9 Å². The fourth-order valence-electron chi connectivity index (χ4n) is 4.40. The van der Waals surface area contributed by atoms with Crippen molar-refractivity contribution < 1.29 is 28.6 Å². The first-order valence-corrected chi connectivity index (χ1v) is 11.1. The molecule has 2 aromatic carbocycles. The summed E-state index contributed by atoms with van der Waals surface area (Å²) >= 11 is 3.41. The topological polar surface area (TPSA) is 90.9 Å². The molecule has 1 saturated heterocycles. The van der Waals surface area contributed by atoms with Crippen molar-refractivity contribution in [2.45, 2.75) is 24.9 Å². The molecule has 0 aromatic heterocycles. The van der Waals surface area contributed by atoms with Crippen LogP contribution in [0, 0.1) is 11.8 Å². The maximum Gasteiger partial charge on any atom is 0.327 e. The summed E-state index contributed by atoms with van der Waals surface area (Å²) in [6, 6.07) is 15.9. The van der Waals surface area contributed by atoms with Crippen LogP contribution >= 0.6 is 15.9 Å². The largest absolute Gasteiger partial charge is 0.469 e. The second-order valence-electron chi connectivity index (χ2n) is 7.58. The molecule has 0 bridgehead atoms. The van der Waals surface area contributed by atoms with E-state index in [1.54, 1.807) is 6.92 Å². The Hall–Kier alpha value is -2.71. The lowest BCUT2D eigenvalue weighted by Gasteiger charge is -2.33. The number of nitrogens with one attached hydrogen (secondary N) is 1. The van der Waals surface area contributed by atoms with Crippen molar-refractivity contribution in [1.82, 2.24) is 5.32 Å². The number of hydrogen-bond donors (Lipinski definition) is 1. The van der Waals surface area contributed by atoms with Crippen LogP contribution in [0.25, 0.3) is 0 Å². The van der Waals surface area contributed by atoms with E-state index < -0.39 is 41.3 Å². The molecule has 170 valence electrons. The average molecular weight is 504 g/mol. The first-order valence-electron chi connectivity index (χ1n) is 10.3. The molecule has 0 radical (unpaired) electrons. The Balaban J connectivity index is 2.21. The molecular formula is C24H26BrNO6. The van der Waals surface area contributed by atoms with Gasteiger partial charge in [-0.3, -0.25) is 19.7 Å². The summed E-state index contributed by atoms with van der Waals surface area (Å²) in [5.41, 5.74) is 0.0138. The number of rotatable bonds is 7. The Kier molecular flexibility index (Phi) is 7.69. The lowest BCUT2D eigenvalue weighted by atomic mass is 9.74. The lowest BCUT2D eigenvalue weighted by molar-refractivity contribution is -0.165. The van der Waals surface area contributed by atoms with Gasteiger partial charge in [-0.05, 0) is 30.2 Å². The van der Waals surface area contributed by atoms with Gasteiger partial charge in [0.25, 0.3) is 0 Å². The van der Waals surface area contributed by atoms with Gasteiger partial charge in [0.15, 0.2) is 0 Å². The van der Waals surface area contributed by atoms with E-state index in [1.165, 1.54) is 14.2 Å². The highest BCUT2D eigenvalue weighted by Crippen LogP contribution is 2.46. The molecule has 0 aliphatic carbocycles. The van der Waals surface area contributed by atoms with E-state index in [-0.39, 0.29) is 13.0 Å². The van der Waals surface area contributed by atoms with Crippen molar-refractivity contribution in [3.05, 3.63) is 70.2 Å². The molecular weight excluding hydrogens is 478 g/mol. The fraction of sp³-hybridized carbons (Fsp3) is 0.375. The van der Waals surface area contributed by atoms with Crippen molar-refractivity contribution in [3.8, 4) is 0 Å². The summed E-state index contributed by atoms with van der Waals surface area (Å²) in [6.07, 6.45) is 0.132. The van der Waals surface area contributed by atoms with Gasteiger partial charge in [0.2, 0.25) is 0 Å². The van der Waals surface area contributed by atoms with Crippen LogP contribution in [0.5, 0.6) is 0 Å². The van der Waals surface area contributed by atoms with Gasteiger partial charge in [0.05, 0.1) is 26.7 Å². The first kappa shape index (κ1) is 23.9. The van der Waals surface area contributed by atoms with Gasteiger partial charge in [0.1, 0.15) is 11.5 Å². The number of esters is 3. The van der Waals surface area contributed by atoms with Crippen molar-refractivity contribution in [3.63, 3.8) is 0 Å². The Labute approximate surface area is 195 Å². The van der Waals surface area contributed by atoms with Crippen LogP contribution in [0.2, 0.25) is 0 Å². The third-order valence-corrected chi connectivity index (χ3v) is 6.31. The summed E-state index contributed by atoms with van der Waals surface area (Å²) in [4.78, 5) is 39.5. The Morgan fingerprint density at radius 1 is 0.969 bits per heavy atom. The second kappa shape index (κ2) is 10.3. The predicted molar refractivity (Wildman–Crippen MR) is 121 cm³/mol. The minimum atomic E-state index is -1.53. The SMILES string of the molecule is CCOC(=O)[C@]1(Cc2ccccc2)N[C@H](c2ccc(Br)cc2)[C@H](C(=O)OC)[C@H]1C(=O)OC. The number of halogens is 1. The molecule has 1 aliphatic rings. The van der Waals surface area contributed by atoms with Crippen LogP contribution in [-0.4, -0.2) is 44.3 Å². The summed E-state index contributed by atoms with van der Waals surface area (Å²) in [5.74, 6) is -4.07. The highest BCUT2D eigenvalue weighted by molar-refractivity contribution is 9.10. The van der Waals surface area contributed by atoms with Crippen molar-refractivity contribution in [2.24, 2.45) is 11.8 Å². The third kappa shape index (κ3) is 4.56. The number of carbonyl (C=O) groups is 3. The molecule has 7 nitrogen and oxygen atoms in total. The van der Waals surface area contributed by atoms with Gasteiger partial charge in [-0.25, -0.2) is 0 Å². The summed E-state index contributed by atoms with van der Waals surface area (Å²) in [5, 5.41) is 3.31. The maximum absolute atomic E-state index is 13.4. The van der Waals surface area contributed by atoms with Gasteiger partial charge in [-0.15, -0.1) is 0 Å². The van der Waals surface area contributed by atoms with Crippen LogP contribution in [-0.2, 0) is 35.0 Å². The molecule has 1 fully saturated rings. The summed E-state index contributed by atoms with van der Waals surface area (Å²) in [7, 11) is 2.50. The molecule has 2 aromatic rings. The Morgan fingerprint density at radius 3 is 2.16 bits per heavy atom. The van der Waals surface area contributed by atoms with Crippen LogP contribution in [0.1, 0.15) is 24.1 Å². The smallest absolute Gasteiger partial charge is 0.327 e. The van der Waals surface area contributed by atoms with Crippen molar-refractivity contribution in [1.29, 1.82) is 0 Å². The number of carbonyl (C=O) groups excluding carboxylic acids is 3. The van der Waals surface area contributed by atoms with E-state index in [0.29, 0.717) is 0 Å². The monoisotopic (exact) mass is 503 g/mol. The Bertz CT molecular complexity index is 964. The van der Waals surface area contributed by atoms with Crippen molar-refractivity contribution >= 4 is 33.8 Å². The lowest BCUT2D eigenvalue weighted by Crippen LogP contribution is -2.58. The zero-order valence-corrected chi connectivity index (χ0v) is 19.8. The highest BCUT2D eigenvalue weighted by Gasteiger charge is 2.64. The quantitative estimate of drug-likeness (QED) is 0.458. The van der Waals surface area contributed by atoms with E-state index in [4.69, 9.17) is 14.2 Å². The normalized spacial score (nSPS) is 24.6. The van der Waals surface area contributed by atoms with Crippen LogP contribution in [0.3, 0.4) is 0 Å². The van der Waals surface area contributed by atoms with E-state index in [0.717, 1.165) is 15.6 Å². The predicted octanol–water partition coefficient (Wildman–Crippen LogP) is 3.22. The molecule has 0 saturated carbocycles. The van der Waals surface area contributed by atoms with Crippen LogP contribution in [0.4, 0.5) is 0 Å². The standard InChI is InChI=1S/C24H26BrNO6/c1-4-32-23(29)24(14-15-8-6-5-7-9-15)19(22(28)31-3)18(21(27)30-2)20(26-24)16-10-12-17(25)13-11-16/h5-13,18-20,26H,4,14H2,1-3H3/t18-,19+,20-,24-/m1/s1. The molecule has 0 unspecified atom stereocenters. The number of benzene rings is 2. The third-order valence-electron chi connectivity index (χ3n) is 5.79. The molecule has 4 atom stereocenters. The molecule has 1 aliphatic heterocycles. The molecule has 8 heteroatoms.